The Morgan fingerprint density at radius 3 is 2.27 bits per heavy atom. The smallest absolute Gasteiger partial charge is 0.250 e. The van der Waals surface area contributed by atoms with Gasteiger partial charge < -0.3 is 5.73 Å². The lowest BCUT2D eigenvalue weighted by Crippen LogP contribution is -2.33. The summed E-state index contributed by atoms with van der Waals surface area (Å²) in [6, 6.07) is 4.47. The molecule has 22 heavy (non-hydrogen) atoms. The first-order valence-electron chi connectivity index (χ1n) is 7.14. The second kappa shape index (κ2) is 4.43. The molecule has 4 rings (SSSR count). The van der Waals surface area contributed by atoms with Crippen molar-refractivity contribution in [2.24, 2.45) is 29.4 Å². The number of anilines is 1. The van der Waals surface area contributed by atoms with Crippen molar-refractivity contribution in [1.82, 2.24) is 0 Å². The molecule has 1 saturated carbocycles. The summed E-state index contributed by atoms with van der Waals surface area (Å²) < 4.78 is 0. The average Bonchev–Trinajstić information content (AvgIpc) is 3.14. The van der Waals surface area contributed by atoms with Crippen LogP contribution in [0.1, 0.15) is 16.8 Å². The van der Waals surface area contributed by atoms with E-state index in [1.807, 2.05) is 12.2 Å². The third-order valence-electron chi connectivity index (χ3n) is 4.94. The fourth-order valence-corrected chi connectivity index (χ4v) is 4.21. The maximum atomic E-state index is 12.7. The Morgan fingerprint density at radius 2 is 1.73 bits per heavy atom. The number of hydrogen-bond donors (Lipinski definition) is 1. The molecule has 0 unspecified atom stereocenters. The van der Waals surface area contributed by atoms with E-state index in [1.165, 1.54) is 17.0 Å². The van der Waals surface area contributed by atoms with E-state index in [-0.39, 0.29) is 46.1 Å². The second-order valence-electron chi connectivity index (χ2n) is 6.04. The summed E-state index contributed by atoms with van der Waals surface area (Å²) in [5, 5.41) is 0.206. The molecule has 2 N–H and O–H groups in total. The number of fused-ring (bicyclic) bond motifs is 5. The van der Waals surface area contributed by atoms with Crippen LogP contribution in [0.5, 0.6) is 0 Å². The second-order valence-corrected chi connectivity index (χ2v) is 6.45. The monoisotopic (exact) mass is 316 g/mol. The van der Waals surface area contributed by atoms with Crippen LogP contribution in [0.4, 0.5) is 5.69 Å². The predicted octanol–water partition coefficient (Wildman–Crippen LogP) is 1.75. The number of nitrogens with two attached hydrogens (primary N) is 1. The molecular weight excluding hydrogens is 304 g/mol. The molecule has 1 heterocycles. The number of primary amides is 1. The number of carbonyl (C=O) groups is 3. The molecule has 4 atom stereocenters. The Bertz CT molecular complexity index is 728. The van der Waals surface area contributed by atoms with Crippen molar-refractivity contribution in [1.29, 1.82) is 0 Å². The molecule has 1 aliphatic heterocycles. The number of halogens is 1. The Balaban J connectivity index is 1.76. The normalized spacial score (nSPS) is 32.0. The van der Waals surface area contributed by atoms with Gasteiger partial charge in [0.1, 0.15) is 0 Å². The van der Waals surface area contributed by atoms with Crippen LogP contribution in [0.2, 0.25) is 5.02 Å². The van der Waals surface area contributed by atoms with E-state index in [9.17, 15) is 14.4 Å². The predicted molar refractivity (Wildman–Crippen MR) is 80.2 cm³/mol. The molecule has 1 aromatic carbocycles. The first-order chi connectivity index (χ1) is 10.5. The summed E-state index contributed by atoms with van der Waals surface area (Å²) in [7, 11) is 0. The van der Waals surface area contributed by atoms with E-state index in [4.69, 9.17) is 17.3 Å². The van der Waals surface area contributed by atoms with Gasteiger partial charge in [0.15, 0.2) is 0 Å². The van der Waals surface area contributed by atoms with Crippen LogP contribution < -0.4 is 10.6 Å². The van der Waals surface area contributed by atoms with E-state index >= 15 is 0 Å². The Hall–Kier alpha value is -2.14. The largest absolute Gasteiger partial charge is 0.366 e. The van der Waals surface area contributed by atoms with Crippen molar-refractivity contribution >= 4 is 35.0 Å². The minimum absolute atomic E-state index is 0.109. The van der Waals surface area contributed by atoms with Gasteiger partial charge in [-0.15, -0.1) is 0 Å². The summed E-state index contributed by atoms with van der Waals surface area (Å²) in [5.41, 5.74) is 5.75. The number of benzene rings is 1. The molecule has 2 bridgehead atoms. The van der Waals surface area contributed by atoms with E-state index in [2.05, 4.69) is 0 Å². The van der Waals surface area contributed by atoms with Crippen LogP contribution in [-0.4, -0.2) is 17.7 Å². The topological polar surface area (TPSA) is 80.5 Å². The van der Waals surface area contributed by atoms with Crippen molar-refractivity contribution in [3.8, 4) is 0 Å². The molecule has 3 amide bonds. The van der Waals surface area contributed by atoms with Crippen LogP contribution in [0.15, 0.2) is 30.4 Å². The summed E-state index contributed by atoms with van der Waals surface area (Å²) in [4.78, 5) is 37.9. The molecule has 0 spiro atoms. The number of hydrogen-bond acceptors (Lipinski definition) is 3. The lowest BCUT2D eigenvalue weighted by atomic mass is 9.85. The molecule has 5 nitrogen and oxygen atoms in total. The first-order valence-corrected chi connectivity index (χ1v) is 7.52. The molecule has 2 fully saturated rings. The maximum Gasteiger partial charge on any atom is 0.250 e. The van der Waals surface area contributed by atoms with Crippen molar-refractivity contribution in [2.45, 2.75) is 6.42 Å². The standard InChI is InChI=1S/C16H13ClN2O3/c17-11-4-3-9(6-10(11)14(18)20)19-15(21)12-7-1-2-8(5-7)13(12)16(19)22/h1-4,6-8,12-13H,5H2,(H2,18,20)/t7-,8+,12-,13-/m0/s1. The number of amides is 3. The highest BCUT2D eigenvalue weighted by Crippen LogP contribution is 2.53. The molecule has 0 aromatic heterocycles. The average molecular weight is 317 g/mol. The van der Waals surface area contributed by atoms with Crippen molar-refractivity contribution in [3.05, 3.63) is 40.9 Å². The lowest BCUT2D eigenvalue weighted by Gasteiger charge is -2.18. The van der Waals surface area contributed by atoms with Crippen molar-refractivity contribution < 1.29 is 14.4 Å². The van der Waals surface area contributed by atoms with Gasteiger partial charge in [0, 0.05) is 0 Å². The minimum atomic E-state index is -0.687. The molecule has 2 aliphatic carbocycles. The van der Waals surface area contributed by atoms with Crippen molar-refractivity contribution in [2.75, 3.05) is 4.90 Å². The van der Waals surface area contributed by atoms with Gasteiger partial charge in [-0.25, -0.2) is 4.90 Å². The summed E-state index contributed by atoms with van der Waals surface area (Å²) in [6.45, 7) is 0. The molecule has 112 valence electrons. The fourth-order valence-electron chi connectivity index (χ4n) is 4.00. The molecule has 0 radical (unpaired) electrons. The lowest BCUT2D eigenvalue weighted by molar-refractivity contribution is -0.123. The Kier molecular flexibility index (Phi) is 2.72. The fraction of sp³-hybridized carbons (Fsp3) is 0.312. The molecule has 1 saturated heterocycles. The van der Waals surface area contributed by atoms with Gasteiger partial charge in [-0.1, -0.05) is 23.8 Å². The zero-order chi connectivity index (χ0) is 15.6. The highest BCUT2D eigenvalue weighted by molar-refractivity contribution is 6.34. The highest BCUT2D eigenvalue weighted by atomic mass is 35.5. The van der Waals surface area contributed by atoms with Crippen LogP contribution >= 0.6 is 11.6 Å². The Labute approximate surface area is 131 Å². The Morgan fingerprint density at radius 1 is 1.14 bits per heavy atom. The van der Waals surface area contributed by atoms with Crippen LogP contribution in [0, 0.1) is 23.7 Å². The van der Waals surface area contributed by atoms with Crippen LogP contribution in [-0.2, 0) is 9.59 Å². The van der Waals surface area contributed by atoms with Gasteiger partial charge in [-0.2, -0.15) is 0 Å². The molecule has 6 heteroatoms. The summed E-state index contributed by atoms with van der Waals surface area (Å²) >= 11 is 5.92. The SMILES string of the molecule is NC(=O)c1cc(N2C(=O)[C@@H]3[C@@H](C2=O)[C@H]2C=C[C@@H]3C2)ccc1Cl. The van der Waals surface area contributed by atoms with E-state index < -0.39 is 5.91 Å². The maximum absolute atomic E-state index is 12.7. The van der Waals surface area contributed by atoms with Gasteiger partial charge in [-0.3, -0.25) is 14.4 Å². The highest BCUT2D eigenvalue weighted by Gasteiger charge is 2.59. The van der Waals surface area contributed by atoms with E-state index in [0.717, 1.165) is 6.42 Å². The number of allylic oxidation sites excluding steroid dienone is 2. The molecular formula is C16H13ClN2O3. The van der Waals surface area contributed by atoms with Crippen LogP contribution in [0.25, 0.3) is 0 Å². The summed E-state index contributed by atoms with van der Waals surface area (Å²) in [5.74, 6) is -1.30. The summed E-state index contributed by atoms with van der Waals surface area (Å²) in [6.07, 6.45) is 4.96. The van der Waals surface area contributed by atoms with Crippen molar-refractivity contribution in [3.63, 3.8) is 0 Å². The van der Waals surface area contributed by atoms with Gasteiger partial charge in [-0.05, 0) is 36.5 Å². The molecule has 3 aliphatic rings. The van der Waals surface area contributed by atoms with E-state index in [1.54, 1.807) is 6.07 Å². The number of carbonyl (C=O) groups excluding carboxylic acids is 3. The van der Waals surface area contributed by atoms with Crippen LogP contribution in [0.3, 0.4) is 0 Å². The third kappa shape index (κ3) is 1.63. The zero-order valence-electron chi connectivity index (χ0n) is 11.5. The van der Waals surface area contributed by atoms with Gasteiger partial charge in [0.25, 0.3) is 0 Å². The van der Waals surface area contributed by atoms with Gasteiger partial charge >= 0.3 is 0 Å². The number of imide groups is 1. The van der Waals surface area contributed by atoms with Gasteiger partial charge in [0.2, 0.25) is 17.7 Å². The quantitative estimate of drug-likeness (QED) is 0.666. The number of nitrogens with zero attached hydrogens (tertiary/aromatic N) is 1. The molecule has 1 aromatic rings. The zero-order valence-corrected chi connectivity index (χ0v) is 12.3. The van der Waals surface area contributed by atoms with Gasteiger partial charge in [0.05, 0.1) is 28.1 Å². The van der Waals surface area contributed by atoms with E-state index in [0.29, 0.717) is 5.69 Å². The first kappa shape index (κ1) is 13.5. The minimum Gasteiger partial charge on any atom is -0.366 e. The third-order valence-corrected chi connectivity index (χ3v) is 5.27. The number of rotatable bonds is 2.